The molecule has 8 nitrogen and oxygen atoms in total. The van der Waals surface area contributed by atoms with Crippen LogP contribution in [0.2, 0.25) is 0 Å². The Morgan fingerprint density at radius 2 is 1.76 bits per heavy atom. The van der Waals surface area contributed by atoms with Crippen LogP contribution in [0.1, 0.15) is 26.7 Å². The maximum atomic E-state index is 13.8. The molecular weight excluding hydrogens is 551 g/mol. The summed E-state index contributed by atoms with van der Waals surface area (Å²) in [6, 6.07) is 10.5. The van der Waals surface area contributed by atoms with Crippen LogP contribution in [-0.4, -0.2) is 74.9 Å². The van der Waals surface area contributed by atoms with E-state index >= 15 is 0 Å². The maximum absolute atomic E-state index is 13.8. The molecule has 1 fully saturated rings. The van der Waals surface area contributed by atoms with Gasteiger partial charge in [-0.05, 0) is 68.4 Å². The van der Waals surface area contributed by atoms with Crippen LogP contribution < -0.4 is 9.64 Å². The summed E-state index contributed by atoms with van der Waals surface area (Å²) in [5, 5.41) is 0.641. The van der Waals surface area contributed by atoms with E-state index < -0.39 is 15.8 Å². The minimum Gasteiger partial charge on any atom is -0.497 e. The van der Waals surface area contributed by atoms with Gasteiger partial charge >= 0.3 is 0 Å². The highest BCUT2D eigenvalue weighted by Crippen LogP contribution is 2.33. The summed E-state index contributed by atoms with van der Waals surface area (Å²) >= 11 is 1.46. The molecule has 0 saturated carbocycles. The van der Waals surface area contributed by atoms with E-state index in [2.05, 4.69) is 18.7 Å². The first-order chi connectivity index (χ1) is 17.8. The lowest BCUT2D eigenvalue weighted by atomic mass is 9.96. The number of ether oxygens (including phenoxy) is 1. The Labute approximate surface area is 233 Å². The maximum Gasteiger partial charge on any atom is 0.243 e. The average Bonchev–Trinajstić information content (AvgIpc) is 3.34. The third-order valence-corrected chi connectivity index (χ3v) is 9.82. The number of carbonyl (C=O) groups excluding carboxylic acids is 1. The number of hydrogen-bond acceptors (Lipinski definition) is 7. The Morgan fingerprint density at radius 3 is 2.37 bits per heavy atom. The van der Waals surface area contributed by atoms with Crippen LogP contribution in [0.4, 0.5) is 9.52 Å². The van der Waals surface area contributed by atoms with Gasteiger partial charge in [-0.25, -0.2) is 17.8 Å². The molecule has 0 aliphatic carbocycles. The molecule has 0 N–H and O–H groups in total. The van der Waals surface area contributed by atoms with Gasteiger partial charge in [-0.2, -0.15) is 4.31 Å². The second kappa shape index (κ2) is 13.2. The number of rotatable bonds is 10. The van der Waals surface area contributed by atoms with E-state index in [1.807, 2.05) is 18.2 Å². The Hall–Kier alpha value is -2.31. The largest absolute Gasteiger partial charge is 0.497 e. The number of amides is 1. The fourth-order valence-corrected chi connectivity index (χ4v) is 7.03. The minimum absolute atomic E-state index is 0. The molecule has 4 rings (SSSR count). The molecular formula is C26H34ClFN4O4S2. The molecule has 1 aliphatic rings. The van der Waals surface area contributed by atoms with E-state index in [0.717, 1.165) is 47.7 Å². The number of aromatic nitrogens is 1. The number of likely N-dealkylation sites (N-methyl/N-ethyl adjacent to an activating group) is 1. The predicted octanol–water partition coefficient (Wildman–Crippen LogP) is 4.64. The zero-order valence-electron chi connectivity index (χ0n) is 21.8. The zero-order valence-corrected chi connectivity index (χ0v) is 24.2. The first-order valence-electron chi connectivity index (χ1n) is 12.5. The van der Waals surface area contributed by atoms with Gasteiger partial charge in [-0.3, -0.25) is 9.69 Å². The lowest BCUT2D eigenvalue weighted by Gasteiger charge is -2.33. The number of hydrogen-bond donors (Lipinski definition) is 0. The van der Waals surface area contributed by atoms with E-state index in [0.29, 0.717) is 24.5 Å². The van der Waals surface area contributed by atoms with Gasteiger partial charge in [0.25, 0.3) is 0 Å². The monoisotopic (exact) mass is 584 g/mol. The van der Waals surface area contributed by atoms with Crippen molar-refractivity contribution in [1.82, 2.24) is 14.2 Å². The number of methoxy groups -OCH3 is 1. The van der Waals surface area contributed by atoms with Crippen molar-refractivity contribution in [3.63, 3.8) is 0 Å². The van der Waals surface area contributed by atoms with Crippen molar-refractivity contribution in [3.8, 4) is 5.75 Å². The highest BCUT2D eigenvalue weighted by molar-refractivity contribution is 7.89. The Morgan fingerprint density at radius 1 is 1.11 bits per heavy atom. The normalized spacial score (nSPS) is 15.0. The quantitative estimate of drug-likeness (QED) is 0.345. The van der Waals surface area contributed by atoms with Gasteiger partial charge in [0.05, 0.1) is 22.2 Å². The van der Waals surface area contributed by atoms with Crippen molar-refractivity contribution in [2.75, 3.05) is 51.3 Å². The van der Waals surface area contributed by atoms with E-state index in [1.165, 1.54) is 27.8 Å². The number of anilines is 1. The molecule has 1 saturated heterocycles. The predicted molar refractivity (Wildman–Crippen MR) is 151 cm³/mol. The smallest absolute Gasteiger partial charge is 0.243 e. The number of nitrogens with zero attached hydrogens (tertiary/aromatic N) is 4. The molecule has 0 spiro atoms. The molecule has 0 atom stereocenters. The molecule has 12 heteroatoms. The molecule has 3 aromatic rings. The van der Waals surface area contributed by atoms with Crippen molar-refractivity contribution in [2.45, 2.75) is 31.6 Å². The van der Waals surface area contributed by atoms with Crippen LogP contribution in [-0.2, 0) is 14.8 Å². The summed E-state index contributed by atoms with van der Waals surface area (Å²) in [6.07, 6.45) is 0.833. The SMILES string of the molecule is CCN(CC)CCN(C(=O)C1CCN(S(=O)(=O)c2ccc(F)cc2)CC1)c1nc2ccc(OC)cc2s1.Cl. The average molecular weight is 585 g/mol. The van der Waals surface area contributed by atoms with Crippen molar-refractivity contribution < 1.29 is 22.3 Å². The first-order valence-corrected chi connectivity index (χ1v) is 14.8. The van der Waals surface area contributed by atoms with Gasteiger partial charge in [-0.15, -0.1) is 12.4 Å². The van der Waals surface area contributed by atoms with Crippen LogP contribution in [0, 0.1) is 11.7 Å². The van der Waals surface area contributed by atoms with Gasteiger partial charge in [0.15, 0.2) is 5.13 Å². The van der Waals surface area contributed by atoms with Gasteiger partial charge in [0.1, 0.15) is 11.6 Å². The summed E-state index contributed by atoms with van der Waals surface area (Å²) in [5.41, 5.74) is 0.807. The molecule has 38 heavy (non-hydrogen) atoms. The third-order valence-electron chi connectivity index (χ3n) is 6.87. The summed E-state index contributed by atoms with van der Waals surface area (Å²) in [4.78, 5) is 22.6. The van der Waals surface area contributed by atoms with Crippen LogP contribution in [0.15, 0.2) is 47.4 Å². The van der Waals surface area contributed by atoms with Crippen molar-refractivity contribution in [2.24, 2.45) is 5.92 Å². The second-order valence-electron chi connectivity index (χ2n) is 8.98. The number of halogens is 2. The number of fused-ring (bicyclic) bond motifs is 1. The third kappa shape index (κ3) is 6.63. The number of carbonyl (C=O) groups is 1. The summed E-state index contributed by atoms with van der Waals surface area (Å²) < 4.78 is 47.0. The summed E-state index contributed by atoms with van der Waals surface area (Å²) in [5.74, 6) is -0.0882. The van der Waals surface area contributed by atoms with Gasteiger partial charge < -0.3 is 9.64 Å². The molecule has 208 valence electrons. The molecule has 1 aliphatic heterocycles. The number of thiazole rings is 1. The van der Waals surface area contributed by atoms with Gasteiger partial charge in [0, 0.05) is 32.1 Å². The zero-order chi connectivity index (χ0) is 26.6. The Balaban J connectivity index is 0.00000400. The molecule has 2 aromatic carbocycles. The summed E-state index contributed by atoms with van der Waals surface area (Å²) in [7, 11) is -2.12. The highest BCUT2D eigenvalue weighted by atomic mass is 35.5. The minimum atomic E-state index is -3.74. The highest BCUT2D eigenvalue weighted by Gasteiger charge is 2.35. The van der Waals surface area contributed by atoms with Gasteiger partial charge in [-0.1, -0.05) is 25.2 Å². The molecule has 0 unspecified atom stereocenters. The molecule has 2 heterocycles. The van der Waals surface area contributed by atoms with E-state index in [4.69, 9.17) is 9.72 Å². The van der Waals surface area contributed by atoms with Crippen LogP contribution in [0.25, 0.3) is 10.2 Å². The second-order valence-corrected chi connectivity index (χ2v) is 11.9. The fourth-order valence-electron chi connectivity index (χ4n) is 4.54. The topological polar surface area (TPSA) is 83.0 Å². The van der Waals surface area contributed by atoms with Crippen LogP contribution in [0.5, 0.6) is 5.75 Å². The van der Waals surface area contributed by atoms with Crippen molar-refractivity contribution in [3.05, 3.63) is 48.3 Å². The lowest BCUT2D eigenvalue weighted by molar-refractivity contribution is -0.123. The van der Waals surface area contributed by atoms with Crippen molar-refractivity contribution >= 4 is 55.0 Å². The standard InChI is InChI=1S/C26H33FN4O4S2.ClH/c1-4-29(5-2)16-17-31(26-28-23-11-8-21(35-3)18-24(23)36-26)25(32)19-12-14-30(15-13-19)37(33,34)22-9-6-20(27)7-10-22;/h6-11,18-19H,4-5,12-17H2,1-3H3;1H. The van der Waals surface area contributed by atoms with E-state index in [1.54, 1.807) is 12.0 Å². The number of sulfonamides is 1. The first kappa shape index (κ1) is 30.2. The Kier molecular flexibility index (Phi) is 10.5. The van der Waals surface area contributed by atoms with E-state index in [-0.39, 0.29) is 42.2 Å². The molecule has 0 radical (unpaired) electrons. The van der Waals surface area contributed by atoms with Crippen LogP contribution in [0.3, 0.4) is 0 Å². The number of benzene rings is 2. The van der Waals surface area contributed by atoms with Gasteiger partial charge in [0.2, 0.25) is 15.9 Å². The molecule has 1 aromatic heterocycles. The Bertz CT molecular complexity index is 1320. The number of piperidine rings is 1. The van der Waals surface area contributed by atoms with Crippen LogP contribution >= 0.6 is 23.7 Å². The molecule has 0 bridgehead atoms. The van der Waals surface area contributed by atoms with E-state index in [9.17, 15) is 17.6 Å². The fraction of sp³-hybridized carbons (Fsp3) is 0.462. The summed E-state index contributed by atoms with van der Waals surface area (Å²) in [6.45, 7) is 7.65. The molecule has 1 amide bonds. The van der Waals surface area contributed by atoms with Crippen molar-refractivity contribution in [1.29, 1.82) is 0 Å². The lowest BCUT2D eigenvalue weighted by Crippen LogP contribution is -2.46.